The molecule has 0 aliphatic carbocycles. The zero-order valence-corrected chi connectivity index (χ0v) is 5.50. The summed E-state index contributed by atoms with van der Waals surface area (Å²) in [4.78, 5) is 10.7. The number of piperidine rings is 1. The summed E-state index contributed by atoms with van der Waals surface area (Å²) in [5.41, 5.74) is 0. The van der Waals surface area contributed by atoms with E-state index in [1.165, 1.54) is 0 Å². The first-order valence-electron chi connectivity index (χ1n) is 3.19. The second kappa shape index (κ2) is 2.35. The summed E-state index contributed by atoms with van der Waals surface area (Å²) in [6.07, 6.45) is 1.42. The van der Waals surface area contributed by atoms with Crippen LogP contribution in [0.2, 0.25) is 0 Å². The Balaban J connectivity index is 2.44. The largest absolute Gasteiger partial charge is 0.286 e. The van der Waals surface area contributed by atoms with Crippen LogP contribution in [0.25, 0.3) is 0 Å². The van der Waals surface area contributed by atoms with Crippen molar-refractivity contribution in [1.82, 2.24) is 5.06 Å². The highest BCUT2D eigenvalue weighted by atomic mass is 16.5. The number of nitrogens with zero attached hydrogens (tertiary/aromatic N) is 1. The number of hydrogen-bond donors (Lipinski definition) is 1. The van der Waals surface area contributed by atoms with Gasteiger partial charge in [-0.15, -0.1) is 0 Å². The van der Waals surface area contributed by atoms with Crippen molar-refractivity contribution in [3.63, 3.8) is 0 Å². The van der Waals surface area contributed by atoms with Crippen LogP contribution < -0.4 is 0 Å². The van der Waals surface area contributed by atoms with E-state index in [-0.39, 0.29) is 5.91 Å². The lowest BCUT2D eigenvalue weighted by Gasteiger charge is -2.23. The molecule has 1 fully saturated rings. The summed E-state index contributed by atoms with van der Waals surface area (Å²) >= 11 is 0. The average Bonchev–Trinajstić information content (AvgIpc) is 1.80. The minimum absolute atomic E-state index is 0.145. The van der Waals surface area contributed by atoms with Crippen LogP contribution in [-0.2, 0) is 4.79 Å². The molecular formula is C6H11NO2. The highest BCUT2D eigenvalue weighted by Gasteiger charge is 2.20. The third-order valence-corrected chi connectivity index (χ3v) is 1.64. The molecule has 1 aliphatic heterocycles. The van der Waals surface area contributed by atoms with Gasteiger partial charge in [-0.3, -0.25) is 10.0 Å². The van der Waals surface area contributed by atoms with Gasteiger partial charge in [0.2, 0.25) is 5.91 Å². The van der Waals surface area contributed by atoms with Gasteiger partial charge in [-0.2, -0.15) is 0 Å². The molecule has 0 aromatic heterocycles. The SMILES string of the molecule is CC1CCN(O)C(=O)C1. The summed E-state index contributed by atoms with van der Waals surface area (Å²) in [5.74, 6) is 0.301. The van der Waals surface area contributed by atoms with Gasteiger partial charge in [0.25, 0.3) is 0 Å². The van der Waals surface area contributed by atoms with E-state index in [1.54, 1.807) is 0 Å². The van der Waals surface area contributed by atoms with Crippen LogP contribution in [-0.4, -0.2) is 22.7 Å². The number of amides is 1. The molecule has 1 heterocycles. The molecule has 1 saturated heterocycles. The van der Waals surface area contributed by atoms with E-state index in [0.717, 1.165) is 11.5 Å². The van der Waals surface area contributed by atoms with Crippen molar-refractivity contribution in [3.05, 3.63) is 0 Å². The third kappa shape index (κ3) is 1.42. The average molecular weight is 129 g/mol. The van der Waals surface area contributed by atoms with Gasteiger partial charge in [-0.25, -0.2) is 5.06 Å². The molecule has 0 aromatic rings. The van der Waals surface area contributed by atoms with Crippen molar-refractivity contribution in [3.8, 4) is 0 Å². The Morgan fingerprint density at radius 2 is 2.44 bits per heavy atom. The molecule has 1 unspecified atom stereocenters. The molecule has 0 aromatic carbocycles. The number of rotatable bonds is 0. The van der Waals surface area contributed by atoms with Crippen LogP contribution in [0.1, 0.15) is 19.8 Å². The van der Waals surface area contributed by atoms with Gasteiger partial charge >= 0.3 is 0 Å². The minimum atomic E-state index is -0.145. The van der Waals surface area contributed by atoms with Gasteiger partial charge in [0, 0.05) is 13.0 Å². The quantitative estimate of drug-likeness (QED) is 0.487. The molecule has 9 heavy (non-hydrogen) atoms. The molecule has 1 N–H and O–H groups in total. The highest BCUT2D eigenvalue weighted by molar-refractivity contribution is 5.75. The lowest BCUT2D eigenvalue weighted by Crippen LogP contribution is -2.35. The summed E-state index contributed by atoms with van der Waals surface area (Å²) in [6.45, 7) is 2.52. The predicted octanol–water partition coefficient (Wildman–Crippen LogP) is 0.634. The Morgan fingerprint density at radius 3 is 2.89 bits per heavy atom. The van der Waals surface area contributed by atoms with Crippen molar-refractivity contribution in [2.24, 2.45) is 5.92 Å². The Morgan fingerprint density at radius 1 is 1.78 bits per heavy atom. The molecule has 1 rings (SSSR count). The first-order valence-corrected chi connectivity index (χ1v) is 3.19. The summed E-state index contributed by atoms with van der Waals surface area (Å²) in [6, 6.07) is 0. The Kier molecular flexibility index (Phi) is 1.71. The van der Waals surface area contributed by atoms with Crippen LogP contribution in [0, 0.1) is 5.92 Å². The van der Waals surface area contributed by atoms with Crippen molar-refractivity contribution >= 4 is 5.91 Å². The van der Waals surface area contributed by atoms with Crippen LogP contribution >= 0.6 is 0 Å². The smallest absolute Gasteiger partial charge is 0.246 e. The highest BCUT2D eigenvalue weighted by Crippen LogP contribution is 2.14. The van der Waals surface area contributed by atoms with E-state index in [0.29, 0.717) is 18.9 Å². The maximum Gasteiger partial charge on any atom is 0.246 e. The van der Waals surface area contributed by atoms with Gasteiger partial charge < -0.3 is 0 Å². The van der Waals surface area contributed by atoms with E-state index >= 15 is 0 Å². The minimum Gasteiger partial charge on any atom is -0.286 e. The van der Waals surface area contributed by atoms with E-state index in [9.17, 15) is 4.79 Å². The maximum absolute atomic E-state index is 10.7. The first-order chi connectivity index (χ1) is 4.20. The summed E-state index contributed by atoms with van der Waals surface area (Å²) in [7, 11) is 0. The number of carbonyl (C=O) groups is 1. The van der Waals surface area contributed by atoms with Crippen LogP contribution in [0.15, 0.2) is 0 Å². The van der Waals surface area contributed by atoms with Crippen molar-refractivity contribution in [1.29, 1.82) is 0 Å². The zero-order valence-electron chi connectivity index (χ0n) is 5.50. The van der Waals surface area contributed by atoms with Gasteiger partial charge in [0.1, 0.15) is 0 Å². The molecule has 1 aliphatic rings. The summed E-state index contributed by atoms with van der Waals surface area (Å²) in [5, 5.41) is 9.58. The molecule has 1 atom stereocenters. The van der Waals surface area contributed by atoms with Gasteiger partial charge in [0.15, 0.2) is 0 Å². The van der Waals surface area contributed by atoms with Crippen LogP contribution in [0.5, 0.6) is 0 Å². The fourth-order valence-corrected chi connectivity index (χ4v) is 0.973. The van der Waals surface area contributed by atoms with Gasteiger partial charge in [-0.1, -0.05) is 6.92 Å². The van der Waals surface area contributed by atoms with E-state index in [1.807, 2.05) is 6.92 Å². The topological polar surface area (TPSA) is 40.5 Å². The lowest BCUT2D eigenvalue weighted by molar-refractivity contribution is -0.172. The molecule has 52 valence electrons. The van der Waals surface area contributed by atoms with Crippen molar-refractivity contribution in [2.75, 3.05) is 6.54 Å². The molecule has 0 radical (unpaired) electrons. The summed E-state index contributed by atoms with van der Waals surface area (Å²) < 4.78 is 0. The molecule has 0 spiro atoms. The zero-order chi connectivity index (χ0) is 6.85. The molecule has 0 bridgehead atoms. The molecule has 3 nitrogen and oxygen atoms in total. The van der Waals surface area contributed by atoms with Crippen LogP contribution in [0.4, 0.5) is 0 Å². The van der Waals surface area contributed by atoms with E-state index in [4.69, 9.17) is 5.21 Å². The van der Waals surface area contributed by atoms with Crippen LogP contribution in [0.3, 0.4) is 0 Å². The number of hydrogen-bond acceptors (Lipinski definition) is 2. The second-order valence-corrected chi connectivity index (χ2v) is 2.61. The normalized spacial score (nSPS) is 28.9. The predicted molar refractivity (Wildman–Crippen MR) is 31.9 cm³/mol. The van der Waals surface area contributed by atoms with Crippen molar-refractivity contribution in [2.45, 2.75) is 19.8 Å². The molecule has 0 saturated carbocycles. The molecule has 3 heteroatoms. The fourth-order valence-electron chi connectivity index (χ4n) is 0.973. The molecule has 1 amide bonds. The van der Waals surface area contributed by atoms with Gasteiger partial charge in [0.05, 0.1) is 0 Å². The Hall–Kier alpha value is -0.570. The van der Waals surface area contributed by atoms with Gasteiger partial charge in [-0.05, 0) is 12.3 Å². The number of carbonyl (C=O) groups excluding carboxylic acids is 1. The third-order valence-electron chi connectivity index (χ3n) is 1.64. The lowest BCUT2D eigenvalue weighted by atomic mass is 10.0. The molecular weight excluding hydrogens is 118 g/mol. The standard InChI is InChI=1S/C6H11NO2/c1-5-2-3-7(9)6(8)4-5/h5,9H,2-4H2,1H3. The van der Waals surface area contributed by atoms with E-state index in [2.05, 4.69) is 0 Å². The second-order valence-electron chi connectivity index (χ2n) is 2.61. The van der Waals surface area contributed by atoms with Crippen molar-refractivity contribution < 1.29 is 10.0 Å². The maximum atomic E-state index is 10.7. The Labute approximate surface area is 54.2 Å². The first kappa shape index (κ1) is 6.55. The monoisotopic (exact) mass is 129 g/mol. The Bertz CT molecular complexity index is 124. The number of hydroxylamine groups is 2. The fraction of sp³-hybridized carbons (Fsp3) is 0.833. The van der Waals surface area contributed by atoms with E-state index < -0.39 is 0 Å².